The minimum atomic E-state index is -1.21. The molecular weight excluding hydrogens is 454 g/mol. The number of hydrogen-bond donors (Lipinski definition) is 1. The van der Waals surface area contributed by atoms with Crippen molar-refractivity contribution in [2.75, 3.05) is 11.5 Å². The highest BCUT2D eigenvalue weighted by molar-refractivity contribution is 6.51. The number of carbonyl (C=O) groups excluding carboxylic acids is 2. The van der Waals surface area contributed by atoms with E-state index in [1.54, 1.807) is 37.3 Å². The molecule has 0 spiro atoms. The first-order valence-corrected chi connectivity index (χ1v) is 11.1. The van der Waals surface area contributed by atoms with Crippen molar-refractivity contribution in [2.24, 2.45) is 5.92 Å². The van der Waals surface area contributed by atoms with Gasteiger partial charge in [0.2, 0.25) is 0 Å². The van der Waals surface area contributed by atoms with Crippen LogP contribution < -0.4 is 9.64 Å². The third-order valence-electron chi connectivity index (χ3n) is 5.63. The standard InChI is InChI=1S/C27H24F2N2O4/c1-15(2)14-35-22-9-6-17(11-16(22)3)25(32)23-24(18-5-4-10-30-13-18)31(27(34)26(23)33)21-12-19(28)7-8-20(21)29/h4-13,15,24,32H,14H2,1-3H3/b25-23+. The SMILES string of the molecule is Cc1cc(/C(O)=C2\C(=O)C(=O)N(c3cc(F)ccc3F)C2c2cccnc2)ccc1OCC(C)C. The number of halogens is 2. The molecule has 0 bridgehead atoms. The van der Waals surface area contributed by atoms with E-state index < -0.39 is 40.8 Å². The molecule has 6 nitrogen and oxygen atoms in total. The van der Waals surface area contributed by atoms with Gasteiger partial charge in [-0.15, -0.1) is 0 Å². The quantitative estimate of drug-likeness (QED) is 0.294. The van der Waals surface area contributed by atoms with E-state index in [1.807, 2.05) is 13.8 Å². The highest BCUT2D eigenvalue weighted by Gasteiger charge is 2.48. The van der Waals surface area contributed by atoms with E-state index in [0.717, 1.165) is 28.7 Å². The van der Waals surface area contributed by atoms with Crippen LogP contribution in [0.1, 0.15) is 36.6 Å². The van der Waals surface area contributed by atoms with Gasteiger partial charge >= 0.3 is 0 Å². The number of hydrogen-bond acceptors (Lipinski definition) is 5. The zero-order chi connectivity index (χ0) is 25.3. The number of amides is 1. The Hall–Kier alpha value is -4.07. The van der Waals surface area contributed by atoms with Gasteiger partial charge in [-0.3, -0.25) is 19.5 Å². The fourth-order valence-electron chi connectivity index (χ4n) is 3.98. The summed E-state index contributed by atoms with van der Waals surface area (Å²) in [7, 11) is 0. The van der Waals surface area contributed by atoms with Gasteiger partial charge in [0.1, 0.15) is 23.1 Å². The third kappa shape index (κ3) is 4.64. The van der Waals surface area contributed by atoms with E-state index in [1.165, 1.54) is 12.4 Å². The van der Waals surface area contributed by atoms with Crippen molar-refractivity contribution in [3.05, 3.63) is 94.8 Å². The summed E-state index contributed by atoms with van der Waals surface area (Å²) >= 11 is 0. The maximum Gasteiger partial charge on any atom is 0.300 e. The molecule has 4 rings (SSSR count). The number of ether oxygens (including phenoxy) is 1. The first-order chi connectivity index (χ1) is 16.7. The monoisotopic (exact) mass is 478 g/mol. The van der Waals surface area contributed by atoms with Crippen LogP contribution in [0.25, 0.3) is 5.76 Å². The van der Waals surface area contributed by atoms with Crippen LogP contribution in [0, 0.1) is 24.5 Å². The second-order valence-electron chi connectivity index (χ2n) is 8.74. The summed E-state index contributed by atoms with van der Waals surface area (Å²) in [6.45, 7) is 6.35. The molecule has 1 aliphatic heterocycles. The van der Waals surface area contributed by atoms with E-state index in [0.29, 0.717) is 23.8 Å². The van der Waals surface area contributed by atoms with Crippen molar-refractivity contribution in [3.8, 4) is 5.75 Å². The number of carbonyl (C=O) groups is 2. The average Bonchev–Trinajstić information content (AvgIpc) is 3.10. The molecular formula is C27H24F2N2O4. The molecule has 2 aromatic carbocycles. The molecule has 1 atom stereocenters. The van der Waals surface area contributed by atoms with Gasteiger partial charge in [0, 0.05) is 24.0 Å². The smallest absolute Gasteiger partial charge is 0.300 e. The Kier molecular flexibility index (Phi) is 6.64. The van der Waals surface area contributed by atoms with Crippen molar-refractivity contribution in [3.63, 3.8) is 0 Å². The number of benzene rings is 2. The summed E-state index contributed by atoms with van der Waals surface area (Å²) in [4.78, 5) is 31.1. The van der Waals surface area contributed by atoms with Crippen molar-refractivity contribution in [1.29, 1.82) is 0 Å². The molecule has 3 aromatic rings. The minimum absolute atomic E-state index is 0.248. The van der Waals surface area contributed by atoms with Crippen LogP contribution in [-0.2, 0) is 9.59 Å². The molecule has 8 heteroatoms. The molecule has 1 N–H and O–H groups in total. The third-order valence-corrected chi connectivity index (χ3v) is 5.63. The topological polar surface area (TPSA) is 79.7 Å². The van der Waals surface area contributed by atoms with Gasteiger partial charge in [-0.1, -0.05) is 19.9 Å². The van der Waals surface area contributed by atoms with Crippen LogP contribution in [0.2, 0.25) is 0 Å². The molecule has 0 aliphatic carbocycles. The molecule has 0 radical (unpaired) electrons. The molecule has 0 saturated carbocycles. The fourth-order valence-corrected chi connectivity index (χ4v) is 3.98. The van der Waals surface area contributed by atoms with Gasteiger partial charge in [-0.2, -0.15) is 0 Å². The second-order valence-corrected chi connectivity index (χ2v) is 8.74. The Morgan fingerprint density at radius 1 is 1.14 bits per heavy atom. The molecule has 1 aromatic heterocycles. The predicted octanol–water partition coefficient (Wildman–Crippen LogP) is 5.33. The highest BCUT2D eigenvalue weighted by atomic mass is 19.1. The van der Waals surface area contributed by atoms with Crippen LogP contribution in [0.5, 0.6) is 5.75 Å². The maximum atomic E-state index is 14.7. The first-order valence-electron chi connectivity index (χ1n) is 11.1. The molecule has 35 heavy (non-hydrogen) atoms. The lowest BCUT2D eigenvalue weighted by Crippen LogP contribution is -2.30. The van der Waals surface area contributed by atoms with Crippen molar-refractivity contribution in [2.45, 2.75) is 26.8 Å². The summed E-state index contributed by atoms with van der Waals surface area (Å²) in [5.41, 5.74) is 0.699. The lowest BCUT2D eigenvalue weighted by Gasteiger charge is -2.25. The Morgan fingerprint density at radius 2 is 1.91 bits per heavy atom. The lowest BCUT2D eigenvalue weighted by atomic mass is 9.95. The Morgan fingerprint density at radius 3 is 2.57 bits per heavy atom. The Bertz CT molecular complexity index is 1320. The summed E-state index contributed by atoms with van der Waals surface area (Å²) in [5, 5.41) is 11.2. The highest BCUT2D eigenvalue weighted by Crippen LogP contribution is 2.43. The number of rotatable bonds is 6. The van der Waals surface area contributed by atoms with E-state index >= 15 is 0 Å². The van der Waals surface area contributed by atoms with Crippen LogP contribution in [0.15, 0.2) is 66.5 Å². The molecule has 2 heterocycles. The number of aliphatic hydroxyl groups is 1. The number of pyridine rings is 1. The van der Waals surface area contributed by atoms with Crippen LogP contribution in [0.3, 0.4) is 0 Å². The number of aromatic nitrogens is 1. The van der Waals surface area contributed by atoms with Gasteiger partial charge in [0.25, 0.3) is 11.7 Å². The zero-order valence-electron chi connectivity index (χ0n) is 19.5. The van der Waals surface area contributed by atoms with Crippen molar-refractivity contribution < 1.29 is 28.2 Å². The van der Waals surface area contributed by atoms with Gasteiger partial charge in [0.15, 0.2) is 0 Å². The lowest BCUT2D eigenvalue weighted by molar-refractivity contribution is -0.132. The summed E-state index contributed by atoms with van der Waals surface area (Å²) < 4.78 is 34.5. The number of aliphatic hydroxyl groups excluding tert-OH is 1. The van der Waals surface area contributed by atoms with Crippen molar-refractivity contribution >= 4 is 23.1 Å². The van der Waals surface area contributed by atoms with Crippen LogP contribution >= 0.6 is 0 Å². The molecule has 1 aliphatic rings. The van der Waals surface area contributed by atoms with E-state index in [4.69, 9.17) is 4.74 Å². The average molecular weight is 478 g/mol. The van der Waals surface area contributed by atoms with Crippen LogP contribution in [-0.4, -0.2) is 28.4 Å². The molecule has 1 unspecified atom stereocenters. The number of anilines is 1. The predicted molar refractivity (Wildman–Crippen MR) is 127 cm³/mol. The Balaban J connectivity index is 1.86. The number of aryl methyl sites for hydroxylation is 1. The number of ketones is 1. The minimum Gasteiger partial charge on any atom is -0.507 e. The largest absolute Gasteiger partial charge is 0.507 e. The molecule has 1 fully saturated rings. The maximum absolute atomic E-state index is 14.7. The fraction of sp³-hybridized carbons (Fsp3) is 0.222. The number of Topliss-reactive ketones (excluding diaryl/α,β-unsaturated/α-hetero) is 1. The summed E-state index contributed by atoms with van der Waals surface area (Å²) in [5.74, 6) is -3.25. The second kappa shape index (κ2) is 9.66. The van der Waals surface area contributed by atoms with Gasteiger partial charge in [0.05, 0.1) is 23.9 Å². The first kappa shape index (κ1) is 24.1. The van der Waals surface area contributed by atoms with Gasteiger partial charge in [-0.25, -0.2) is 8.78 Å². The van der Waals surface area contributed by atoms with E-state index in [2.05, 4.69) is 4.98 Å². The number of nitrogens with zero attached hydrogens (tertiary/aromatic N) is 2. The van der Waals surface area contributed by atoms with Crippen LogP contribution in [0.4, 0.5) is 14.5 Å². The molecule has 180 valence electrons. The van der Waals surface area contributed by atoms with E-state index in [-0.39, 0.29) is 11.1 Å². The van der Waals surface area contributed by atoms with Gasteiger partial charge < -0.3 is 9.84 Å². The van der Waals surface area contributed by atoms with E-state index in [9.17, 15) is 23.5 Å². The zero-order valence-corrected chi connectivity index (χ0v) is 19.5. The summed E-state index contributed by atoms with van der Waals surface area (Å²) in [6.07, 6.45) is 2.90. The molecule has 1 saturated heterocycles. The normalized spacial score (nSPS) is 17.3. The molecule has 1 amide bonds. The summed E-state index contributed by atoms with van der Waals surface area (Å²) in [6, 6.07) is 9.50. The van der Waals surface area contributed by atoms with Crippen molar-refractivity contribution in [1.82, 2.24) is 4.98 Å². The van der Waals surface area contributed by atoms with Gasteiger partial charge in [-0.05, 0) is 60.4 Å². The Labute approximate surface area is 201 Å².